The summed E-state index contributed by atoms with van der Waals surface area (Å²) < 4.78 is 5.35. The number of anilines is 1. The zero-order valence-electron chi connectivity index (χ0n) is 11.6. The number of carbonyl (C=O) groups excluding carboxylic acids is 1. The normalized spacial score (nSPS) is 10.6. The van der Waals surface area contributed by atoms with Crippen molar-refractivity contribution in [2.75, 3.05) is 26.0 Å². The van der Waals surface area contributed by atoms with Gasteiger partial charge in [-0.1, -0.05) is 18.2 Å². The molecule has 0 atom stereocenters. The van der Waals surface area contributed by atoms with Gasteiger partial charge in [-0.25, -0.2) is 0 Å². The highest BCUT2D eigenvalue weighted by Gasteiger charge is 2.07. The van der Waals surface area contributed by atoms with Crippen molar-refractivity contribution in [3.8, 4) is 5.75 Å². The molecule has 0 fully saturated rings. The maximum absolute atomic E-state index is 11.7. The minimum absolute atomic E-state index is 0.0418. The lowest BCUT2D eigenvalue weighted by Crippen LogP contribution is -2.20. The predicted octanol–water partition coefficient (Wildman–Crippen LogP) is 1.49. The summed E-state index contributed by atoms with van der Waals surface area (Å²) in [6, 6.07) is 11.0. The monoisotopic (exact) mass is 274 g/mol. The predicted molar refractivity (Wildman–Crippen MR) is 76.5 cm³/mol. The highest BCUT2D eigenvalue weighted by molar-refractivity contribution is 5.90. The summed E-state index contributed by atoms with van der Waals surface area (Å²) in [6.07, 6.45) is 0. The molecule has 6 nitrogen and oxygen atoms in total. The van der Waals surface area contributed by atoms with Crippen molar-refractivity contribution in [3.63, 3.8) is 0 Å². The van der Waals surface area contributed by atoms with E-state index in [1.807, 2.05) is 37.2 Å². The molecule has 0 bridgehead atoms. The van der Waals surface area contributed by atoms with Crippen molar-refractivity contribution < 1.29 is 9.53 Å². The van der Waals surface area contributed by atoms with Crippen LogP contribution in [-0.2, 0) is 11.3 Å². The Morgan fingerprint density at radius 1 is 1.35 bits per heavy atom. The number of aromatic nitrogens is 2. The third kappa shape index (κ3) is 4.40. The lowest BCUT2D eigenvalue weighted by atomic mass is 10.3. The maximum Gasteiger partial charge on any atom is 0.263 e. The van der Waals surface area contributed by atoms with Crippen molar-refractivity contribution in [2.24, 2.45) is 0 Å². The number of aromatic amines is 1. The molecule has 0 spiro atoms. The van der Waals surface area contributed by atoms with Crippen molar-refractivity contribution in [2.45, 2.75) is 6.54 Å². The van der Waals surface area contributed by atoms with Crippen molar-refractivity contribution in [1.29, 1.82) is 0 Å². The molecule has 1 heterocycles. The van der Waals surface area contributed by atoms with Gasteiger partial charge in [0.25, 0.3) is 5.91 Å². The van der Waals surface area contributed by atoms with Gasteiger partial charge in [0.05, 0.1) is 5.69 Å². The number of rotatable bonds is 6. The quantitative estimate of drug-likeness (QED) is 0.837. The highest BCUT2D eigenvalue weighted by Crippen LogP contribution is 2.09. The zero-order chi connectivity index (χ0) is 14.4. The highest BCUT2D eigenvalue weighted by atomic mass is 16.5. The van der Waals surface area contributed by atoms with E-state index < -0.39 is 0 Å². The summed E-state index contributed by atoms with van der Waals surface area (Å²) in [5.74, 6) is 0.929. The van der Waals surface area contributed by atoms with E-state index in [4.69, 9.17) is 4.74 Å². The van der Waals surface area contributed by atoms with E-state index in [1.165, 1.54) is 0 Å². The number of H-pyrrole nitrogens is 1. The van der Waals surface area contributed by atoms with E-state index in [-0.39, 0.29) is 12.5 Å². The van der Waals surface area contributed by atoms with Crippen LogP contribution in [0.3, 0.4) is 0 Å². The maximum atomic E-state index is 11.7. The van der Waals surface area contributed by atoms with Crippen LogP contribution in [-0.4, -0.2) is 41.7 Å². The molecule has 0 aliphatic carbocycles. The van der Waals surface area contributed by atoms with Crippen molar-refractivity contribution >= 4 is 11.7 Å². The van der Waals surface area contributed by atoms with Crippen LogP contribution in [0, 0.1) is 0 Å². The SMILES string of the molecule is CN(C)Cc1cc(NC(=O)COc2ccccc2)n[nH]1. The number of amides is 1. The van der Waals surface area contributed by atoms with Crippen LogP contribution in [0.1, 0.15) is 5.69 Å². The fourth-order valence-electron chi connectivity index (χ4n) is 1.69. The Bertz CT molecular complexity index is 551. The average molecular weight is 274 g/mol. The van der Waals surface area contributed by atoms with Gasteiger partial charge >= 0.3 is 0 Å². The number of nitrogens with zero attached hydrogens (tertiary/aromatic N) is 2. The molecule has 0 saturated heterocycles. The van der Waals surface area contributed by atoms with Gasteiger partial charge in [-0.15, -0.1) is 0 Å². The molecule has 0 radical (unpaired) electrons. The van der Waals surface area contributed by atoms with E-state index in [0.29, 0.717) is 11.6 Å². The molecular weight excluding hydrogens is 256 g/mol. The number of hydrogen-bond donors (Lipinski definition) is 2. The standard InChI is InChI=1S/C14H18N4O2/c1-18(2)9-11-8-13(17-16-11)15-14(19)10-20-12-6-4-3-5-7-12/h3-8H,9-10H2,1-2H3,(H2,15,16,17,19). The minimum Gasteiger partial charge on any atom is -0.484 e. The van der Waals surface area contributed by atoms with Crippen molar-refractivity contribution in [3.05, 3.63) is 42.1 Å². The van der Waals surface area contributed by atoms with Crippen LogP contribution < -0.4 is 10.1 Å². The second kappa shape index (κ2) is 6.72. The summed E-state index contributed by atoms with van der Waals surface area (Å²) in [5, 5.41) is 9.58. The first-order valence-electron chi connectivity index (χ1n) is 6.30. The van der Waals surface area contributed by atoms with Gasteiger partial charge in [0.1, 0.15) is 5.75 Å². The second-order valence-corrected chi connectivity index (χ2v) is 4.67. The number of ether oxygens (including phenoxy) is 1. The minimum atomic E-state index is -0.239. The third-order valence-corrected chi connectivity index (χ3v) is 2.50. The first-order valence-corrected chi connectivity index (χ1v) is 6.30. The topological polar surface area (TPSA) is 70.2 Å². The lowest BCUT2D eigenvalue weighted by Gasteiger charge is -2.06. The fraction of sp³-hybridized carbons (Fsp3) is 0.286. The van der Waals surface area contributed by atoms with E-state index in [2.05, 4.69) is 15.5 Å². The van der Waals surface area contributed by atoms with E-state index in [1.54, 1.807) is 18.2 Å². The molecule has 1 aromatic heterocycles. The van der Waals surface area contributed by atoms with Crippen LogP contribution in [0.4, 0.5) is 5.82 Å². The first-order chi connectivity index (χ1) is 9.63. The molecule has 2 aromatic rings. The van der Waals surface area contributed by atoms with Gasteiger partial charge in [-0.2, -0.15) is 5.10 Å². The number of nitrogens with one attached hydrogen (secondary N) is 2. The van der Waals surface area contributed by atoms with Gasteiger partial charge < -0.3 is 15.0 Å². The molecule has 0 aliphatic rings. The Morgan fingerprint density at radius 2 is 2.10 bits per heavy atom. The Kier molecular flexibility index (Phi) is 4.73. The zero-order valence-corrected chi connectivity index (χ0v) is 11.6. The van der Waals surface area contributed by atoms with Gasteiger partial charge in [0.15, 0.2) is 12.4 Å². The van der Waals surface area contributed by atoms with Crippen LogP contribution in [0.25, 0.3) is 0 Å². The average Bonchev–Trinajstić information content (AvgIpc) is 2.84. The van der Waals surface area contributed by atoms with Crippen LogP contribution in [0.2, 0.25) is 0 Å². The summed E-state index contributed by atoms with van der Waals surface area (Å²) in [6.45, 7) is 0.698. The molecule has 2 rings (SSSR count). The van der Waals surface area contributed by atoms with Crippen molar-refractivity contribution in [1.82, 2.24) is 15.1 Å². The largest absolute Gasteiger partial charge is 0.484 e. The summed E-state index contributed by atoms with van der Waals surface area (Å²) >= 11 is 0. The Balaban J connectivity index is 1.81. The number of hydrogen-bond acceptors (Lipinski definition) is 4. The first kappa shape index (κ1) is 14.1. The molecular formula is C14H18N4O2. The molecule has 1 amide bonds. The van der Waals surface area contributed by atoms with Crippen LogP contribution in [0.5, 0.6) is 5.75 Å². The van der Waals surface area contributed by atoms with Gasteiger partial charge in [-0.05, 0) is 26.2 Å². The third-order valence-electron chi connectivity index (χ3n) is 2.50. The smallest absolute Gasteiger partial charge is 0.263 e. The number of carbonyl (C=O) groups is 1. The van der Waals surface area contributed by atoms with Crippen LogP contribution >= 0.6 is 0 Å². The second-order valence-electron chi connectivity index (χ2n) is 4.67. The number of para-hydroxylation sites is 1. The van der Waals surface area contributed by atoms with E-state index in [0.717, 1.165) is 12.2 Å². The molecule has 0 saturated carbocycles. The summed E-state index contributed by atoms with van der Waals surface area (Å²) in [4.78, 5) is 13.7. The fourth-order valence-corrected chi connectivity index (χ4v) is 1.69. The molecule has 2 N–H and O–H groups in total. The van der Waals surface area contributed by atoms with Gasteiger partial charge in [0.2, 0.25) is 0 Å². The van der Waals surface area contributed by atoms with E-state index in [9.17, 15) is 4.79 Å². The Hall–Kier alpha value is -2.34. The number of benzene rings is 1. The summed E-state index contributed by atoms with van der Waals surface area (Å²) in [7, 11) is 3.93. The van der Waals surface area contributed by atoms with Crippen LogP contribution in [0.15, 0.2) is 36.4 Å². The molecule has 6 heteroatoms. The molecule has 0 aliphatic heterocycles. The Morgan fingerprint density at radius 3 is 2.80 bits per heavy atom. The lowest BCUT2D eigenvalue weighted by molar-refractivity contribution is -0.118. The van der Waals surface area contributed by atoms with Gasteiger partial charge in [0, 0.05) is 12.6 Å². The Labute approximate surface area is 117 Å². The molecule has 106 valence electrons. The molecule has 0 unspecified atom stereocenters. The molecule has 20 heavy (non-hydrogen) atoms. The molecule has 1 aromatic carbocycles. The van der Waals surface area contributed by atoms with Gasteiger partial charge in [-0.3, -0.25) is 9.89 Å². The van der Waals surface area contributed by atoms with E-state index >= 15 is 0 Å². The summed E-state index contributed by atoms with van der Waals surface area (Å²) in [5.41, 5.74) is 0.939.